The molecule has 0 amide bonds. The fourth-order valence-corrected chi connectivity index (χ4v) is 3.23. The number of hydrogen-bond acceptors (Lipinski definition) is 7. The minimum atomic E-state index is -0.183. The molecule has 9 heteroatoms. The molecule has 130 valence electrons. The molecule has 1 saturated heterocycles. The number of methoxy groups -OCH3 is 1. The number of rotatable bonds is 3. The molecule has 4 heterocycles. The van der Waals surface area contributed by atoms with E-state index in [2.05, 4.69) is 15.1 Å². The second-order valence-electron chi connectivity index (χ2n) is 6.19. The predicted octanol–water partition coefficient (Wildman–Crippen LogP) is 0.711. The molecule has 1 aliphatic rings. The maximum atomic E-state index is 11.8. The van der Waals surface area contributed by atoms with Crippen LogP contribution < -0.4 is 10.6 Å². The van der Waals surface area contributed by atoms with Gasteiger partial charge in [-0.15, -0.1) is 0 Å². The number of aromatic nitrogens is 5. The van der Waals surface area contributed by atoms with Crippen molar-refractivity contribution in [1.29, 1.82) is 0 Å². The molecule has 0 aliphatic carbocycles. The quantitative estimate of drug-likeness (QED) is 0.700. The highest BCUT2D eigenvalue weighted by atomic mass is 16.5. The third-order valence-electron chi connectivity index (χ3n) is 4.55. The van der Waals surface area contributed by atoms with Crippen molar-refractivity contribution in [2.24, 2.45) is 13.0 Å². The lowest BCUT2D eigenvalue weighted by Crippen LogP contribution is -2.24. The molecule has 0 spiro atoms. The minimum Gasteiger partial charge on any atom is -0.469 e. The maximum Gasteiger partial charge on any atom is 0.310 e. The number of hydrogen-bond donors (Lipinski definition) is 1. The van der Waals surface area contributed by atoms with Crippen molar-refractivity contribution in [1.82, 2.24) is 24.4 Å². The van der Waals surface area contributed by atoms with E-state index in [-0.39, 0.29) is 11.9 Å². The van der Waals surface area contributed by atoms with Crippen LogP contribution in [-0.4, -0.2) is 50.5 Å². The molecular formula is C16H19N7O2. The van der Waals surface area contributed by atoms with E-state index in [0.717, 1.165) is 29.9 Å². The van der Waals surface area contributed by atoms with E-state index >= 15 is 0 Å². The first-order chi connectivity index (χ1) is 12.1. The summed E-state index contributed by atoms with van der Waals surface area (Å²) in [7, 11) is 3.28. The first-order valence-electron chi connectivity index (χ1n) is 8.03. The van der Waals surface area contributed by atoms with E-state index in [0.29, 0.717) is 18.0 Å². The van der Waals surface area contributed by atoms with Gasteiger partial charge in [-0.05, 0) is 6.42 Å². The average molecular weight is 341 g/mol. The zero-order valence-electron chi connectivity index (χ0n) is 14.1. The normalized spacial score (nSPS) is 17.4. The molecule has 1 atom stereocenters. The average Bonchev–Trinajstić information content (AvgIpc) is 3.32. The largest absolute Gasteiger partial charge is 0.469 e. The highest BCUT2D eigenvalue weighted by Gasteiger charge is 2.30. The van der Waals surface area contributed by atoms with Gasteiger partial charge in [0.1, 0.15) is 11.6 Å². The van der Waals surface area contributed by atoms with Crippen LogP contribution in [-0.2, 0) is 16.6 Å². The zero-order valence-corrected chi connectivity index (χ0v) is 14.1. The summed E-state index contributed by atoms with van der Waals surface area (Å²) < 4.78 is 8.19. The summed E-state index contributed by atoms with van der Waals surface area (Å²) in [5.41, 5.74) is 8.63. The lowest BCUT2D eigenvalue weighted by atomic mass is 10.1. The number of carbonyl (C=O) groups is 1. The van der Waals surface area contributed by atoms with Gasteiger partial charge >= 0.3 is 5.97 Å². The number of fused-ring (bicyclic) bond motifs is 1. The monoisotopic (exact) mass is 341 g/mol. The summed E-state index contributed by atoms with van der Waals surface area (Å²) >= 11 is 0. The van der Waals surface area contributed by atoms with Gasteiger partial charge in [0.2, 0.25) is 0 Å². The number of nitrogen functional groups attached to an aromatic ring is 1. The van der Waals surface area contributed by atoms with Crippen LogP contribution >= 0.6 is 0 Å². The number of anilines is 2. The molecule has 0 aromatic carbocycles. The van der Waals surface area contributed by atoms with Crippen molar-refractivity contribution >= 4 is 23.3 Å². The fourth-order valence-electron chi connectivity index (χ4n) is 3.23. The van der Waals surface area contributed by atoms with Gasteiger partial charge in [0.05, 0.1) is 25.4 Å². The lowest BCUT2D eigenvalue weighted by molar-refractivity contribution is -0.144. The van der Waals surface area contributed by atoms with Gasteiger partial charge < -0.3 is 15.4 Å². The van der Waals surface area contributed by atoms with Crippen molar-refractivity contribution in [2.75, 3.05) is 30.8 Å². The Morgan fingerprint density at radius 3 is 2.92 bits per heavy atom. The van der Waals surface area contributed by atoms with E-state index in [1.165, 1.54) is 7.11 Å². The molecule has 4 rings (SSSR count). The Morgan fingerprint density at radius 1 is 1.36 bits per heavy atom. The van der Waals surface area contributed by atoms with Crippen LogP contribution in [0.4, 0.5) is 11.6 Å². The first kappa shape index (κ1) is 15.4. The molecule has 0 bridgehead atoms. The van der Waals surface area contributed by atoms with Crippen LogP contribution in [0.1, 0.15) is 6.42 Å². The van der Waals surface area contributed by atoms with Gasteiger partial charge in [-0.3, -0.25) is 9.48 Å². The van der Waals surface area contributed by atoms with Crippen LogP contribution in [0.5, 0.6) is 0 Å². The number of ether oxygens (including phenoxy) is 1. The number of carbonyl (C=O) groups excluding carboxylic acids is 1. The summed E-state index contributed by atoms with van der Waals surface area (Å²) in [6, 6.07) is 1.78. The Morgan fingerprint density at radius 2 is 2.20 bits per heavy atom. The Balaban J connectivity index is 1.73. The van der Waals surface area contributed by atoms with Crippen LogP contribution in [0, 0.1) is 5.92 Å². The third-order valence-corrected chi connectivity index (χ3v) is 4.55. The minimum absolute atomic E-state index is 0.132. The molecular weight excluding hydrogens is 322 g/mol. The van der Waals surface area contributed by atoms with Gasteiger partial charge in [0.15, 0.2) is 5.65 Å². The molecule has 2 N–H and O–H groups in total. The maximum absolute atomic E-state index is 11.8. The summed E-state index contributed by atoms with van der Waals surface area (Å²) in [6.07, 6.45) is 6.16. The number of nitrogens with two attached hydrogens (primary N) is 1. The second-order valence-corrected chi connectivity index (χ2v) is 6.19. The number of esters is 1. The van der Waals surface area contributed by atoms with Crippen molar-refractivity contribution < 1.29 is 9.53 Å². The van der Waals surface area contributed by atoms with Crippen molar-refractivity contribution in [3.63, 3.8) is 0 Å². The van der Waals surface area contributed by atoms with E-state index in [9.17, 15) is 4.79 Å². The second kappa shape index (κ2) is 5.76. The summed E-state index contributed by atoms with van der Waals surface area (Å²) in [6.45, 7) is 1.31. The predicted molar refractivity (Wildman–Crippen MR) is 91.9 cm³/mol. The standard InChI is InChI=1S/C16H19N7O2/c1-21-8-11(6-18-21)12-7-19-23-13(17)5-14(20-15(12)23)22-4-3-10(9-22)16(24)25-2/h5-8,10H,3-4,9,17H2,1-2H3. The molecule has 0 radical (unpaired) electrons. The molecule has 3 aromatic heterocycles. The van der Waals surface area contributed by atoms with Crippen molar-refractivity contribution in [3.8, 4) is 11.1 Å². The zero-order chi connectivity index (χ0) is 17.6. The summed E-state index contributed by atoms with van der Waals surface area (Å²) in [4.78, 5) is 18.5. The number of nitrogens with zero attached hydrogens (tertiary/aromatic N) is 6. The summed E-state index contributed by atoms with van der Waals surface area (Å²) in [5, 5.41) is 8.53. The van der Waals surface area contributed by atoms with Crippen molar-refractivity contribution in [2.45, 2.75) is 6.42 Å². The third kappa shape index (κ3) is 2.57. The smallest absolute Gasteiger partial charge is 0.310 e. The molecule has 25 heavy (non-hydrogen) atoms. The highest BCUT2D eigenvalue weighted by Crippen LogP contribution is 2.29. The van der Waals surface area contributed by atoms with Crippen LogP contribution in [0.25, 0.3) is 16.8 Å². The van der Waals surface area contributed by atoms with E-state index < -0.39 is 0 Å². The Labute approximate surface area is 144 Å². The van der Waals surface area contributed by atoms with Crippen LogP contribution in [0.2, 0.25) is 0 Å². The van der Waals surface area contributed by atoms with E-state index in [4.69, 9.17) is 15.5 Å². The SMILES string of the molecule is COC(=O)C1CCN(c2cc(N)n3ncc(-c4cnn(C)c4)c3n2)C1. The van der Waals surface area contributed by atoms with Crippen molar-refractivity contribution in [3.05, 3.63) is 24.7 Å². The Hall–Kier alpha value is -3.10. The number of aryl methyl sites for hydroxylation is 1. The van der Waals surface area contributed by atoms with Gasteiger partial charge in [0, 0.05) is 43.5 Å². The van der Waals surface area contributed by atoms with Crippen LogP contribution in [0.3, 0.4) is 0 Å². The molecule has 3 aromatic rings. The fraction of sp³-hybridized carbons (Fsp3) is 0.375. The van der Waals surface area contributed by atoms with Crippen LogP contribution in [0.15, 0.2) is 24.7 Å². The molecule has 9 nitrogen and oxygen atoms in total. The lowest BCUT2D eigenvalue weighted by Gasteiger charge is -2.18. The van der Waals surface area contributed by atoms with Gasteiger partial charge in [-0.25, -0.2) is 4.98 Å². The molecule has 1 unspecified atom stereocenters. The first-order valence-corrected chi connectivity index (χ1v) is 8.03. The highest BCUT2D eigenvalue weighted by molar-refractivity contribution is 5.79. The van der Waals surface area contributed by atoms with Gasteiger partial charge in [0.25, 0.3) is 0 Å². The summed E-state index contributed by atoms with van der Waals surface area (Å²) in [5.74, 6) is 0.919. The van der Waals surface area contributed by atoms with Gasteiger partial charge in [-0.1, -0.05) is 0 Å². The van der Waals surface area contributed by atoms with Gasteiger partial charge in [-0.2, -0.15) is 14.7 Å². The molecule has 1 aliphatic heterocycles. The van der Waals surface area contributed by atoms with E-state index in [1.807, 2.05) is 13.2 Å². The van der Waals surface area contributed by atoms with E-state index in [1.54, 1.807) is 27.7 Å². The Kier molecular flexibility index (Phi) is 3.56. The molecule has 1 fully saturated rings. The Bertz CT molecular complexity index is 945. The molecule has 0 saturated carbocycles. The topological polar surface area (TPSA) is 104 Å².